The van der Waals surface area contributed by atoms with Gasteiger partial charge in [-0.2, -0.15) is 4.37 Å². The molecule has 0 saturated carbocycles. The van der Waals surface area contributed by atoms with Crippen molar-refractivity contribution in [3.63, 3.8) is 0 Å². The summed E-state index contributed by atoms with van der Waals surface area (Å²) in [5.41, 5.74) is 5.50. The smallest absolute Gasteiger partial charge is 0.204 e. The van der Waals surface area contributed by atoms with Gasteiger partial charge in [0.25, 0.3) is 0 Å². The summed E-state index contributed by atoms with van der Waals surface area (Å²) < 4.78 is 9.07. The van der Waals surface area contributed by atoms with Crippen LogP contribution in [0.15, 0.2) is 11.4 Å². The number of nitrogens with zero attached hydrogens (tertiary/aromatic N) is 1. The molecule has 13 heavy (non-hydrogen) atoms. The highest BCUT2D eigenvalue weighted by Crippen LogP contribution is 2.20. The third-order valence-electron chi connectivity index (χ3n) is 2.17. The van der Waals surface area contributed by atoms with Crippen molar-refractivity contribution >= 4 is 17.3 Å². The number of aromatic nitrogens is 1. The molecule has 1 aromatic rings. The van der Waals surface area contributed by atoms with E-state index in [4.69, 9.17) is 10.5 Å². The van der Waals surface area contributed by atoms with Crippen LogP contribution in [0.1, 0.15) is 16.9 Å². The van der Waals surface area contributed by atoms with Crippen LogP contribution in [0.2, 0.25) is 0 Å². The summed E-state index contributed by atoms with van der Waals surface area (Å²) in [5.74, 6) is -0.105. The molecule has 1 unspecified atom stereocenters. The zero-order chi connectivity index (χ0) is 9.31. The molecule has 0 spiro atoms. The predicted octanol–water partition coefficient (Wildman–Crippen LogP) is 0.444. The maximum Gasteiger partial charge on any atom is 0.204 e. The fraction of sp³-hybridized carbons (Fsp3) is 0.500. The maximum atomic E-state index is 11.8. The van der Waals surface area contributed by atoms with Crippen molar-refractivity contribution in [2.24, 2.45) is 5.73 Å². The minimum absolute atomic E-state index is 0.105. The number of ketones is 1. The average Bonchev–Trinajstić information content (AvgIpc) is 2.73. The van der Waals surface area contributed by atoms with Crippen LogP contribution in [0.25, 0.3) is 0 Å². The van der Waals surface area contributed by atoms with E-state index in [1.165, 1.54) is 11.5 Å². The highest BCUT2D eigenvalue weighted by molar-refractivity contribution is 7.03. The van der Waals surface area contributed by atoms with E-state index in [0.29, 0.717) is 25.3 Å². The Balaban J connectivity index is 2.21. The van der Waals surface area contributed by atoms with Gasteiger partial charge in [0.2, 0.25) is 5.78 Å². The molecule has 0 radical (unpaired) electrons. The zero-order valence-electron chi connectivity index (χ0n) is 7.03. The number of carbonyl (C=O) groups excluding carboxylic acids is 1. The predicted molar refractivity (Wildman–Crippen MR) is 48.8 cm³/mol. The van der Waals surface area contributed by atoms with Gasteiger partial charge in [-0.15, -0.1) is 0 Å². The fourth-order valence-electron chi connectivity index (χ4n) is 1.34. The third-order valence-corrected chi connectivity index (χ3v) is 2.73. The van der Waals surface area contributed by atoms with Gasteiger partial charge in [0.05, 0.1) is 6.61 Å². The summed E-state index contributed by atoms with van der Waals surface area (Å²) in [6.45, 7) is 0.871. The lowest BCUT2D eigenvalue weighted by molar-refractivity contribution is 0.0859. The summed E-state index contributed by atoms with van der Waals surface area (Å²) in [5, 5.41) is 1.77. The number of rotatable bonds is 2. The molecule has 5 heteroatoms. The molecule has 2 N–H and O–H groups in total. The highest BCUT2D eigenvalue weighted by Gasteiger charge is 2.39. The summed E-state index contributed by atoms with van der Waals surface area (Å²) in [6, 6.07) is 1.69. The van der Waals surface area contributed by atoms with E-state index in [1.54, 1.807) is 11.4 Å². The summed E-state index contributed by atoms with van der Waals surface area (Å²) >= 11 is 1.26. The molecule has 2 heterocycles. The number of nitrogens with two attached hydrogens (primary N) is 1. The molecule has 0 aromatic carbocycles. The number of ether oxygens (including phenoxy) is 1. The molecule has 1 fully saturated rings. The summed E-state index contributed by atoms with van der Waals surface area (Å²) in [6.07, 6.45) is 0.587. The first-order chi connectivity index (χ1) is 6.22. The highest BCUT2D eigenvalue weighted by atomic mass is 32.1. The van der Waals surface area contributed by atoms with Crippen LogP contribution >= 0.6 is 11.5 Å². The van der Waals surface area contributed by atoms with E-state index in [0.717, 1.165) is 0 Å². The van der Waals surface area contributed by atoms with Crippen molar-refractivity contribution in [3.8, 4) is 0 Å². The summed E-state index contributed by atoms with van der Waals surface area (Å²) in [4.78, 5) is 11.8. The van der Waals surface area contributed by atoms with Gasteiger partial charge < -0.3 is 10.5 Å². The average molecular weight is 198 g/mol. The number of carbonyl (C=O) groups is 1. The number of hydrogen-bond acceptors (Lipinski definition) is 5. The summed E-state index contributed by atoms with van der Waals surface area (Å²) in [7, 11) is 0. The van der Waals surface area contributed by atoms with Gasteiger partial charge in [0.1, 0.15) is 11.2 Å². The van der Waals surface area contributed by atoms with Crippen molar-refractivity contribution in [2.75, 3.05) is 13.2 Å². The lowest BCUT2D eigenvalue weighted by atomic mass is 9.92. The Morgan fingerprint density at radius 3 is 3.15 bits per heavy atom. The molecule has 1 aliphatic rings. The maximum absolute atomic E-state index is 11.8. The first kappa shape index (κ1) is 8.80. The van der Waals surface area contributed by atoms with Crippen LogP contribution in [0.3, 0.4) is 0 Å². The number of Topliss-reactive ketones (excluding diaryl/α,β-unsaturated/α-hetero) is 1. The second-order valence-electron chi connectivity index (χ2n) is 3.17. The third kappa shape index (κ3) is 1.50. The normalized spacial score (nSPS) is 27.8. The molecule has 1 atom stereocenters. The van der Waals surface area contributed by atoms with Crippen LogP contribution in [0.5, 0.6) is 0 Å². The SMILES string of the molecule is NC1(C(=O)c2ccsn2)CCOC1. The van der Waals surface area contributed by atoms with Crippen LogP contribution < -0.4 is 5.73 Å². The van der Waals surface area contributed by atoms with E-state index in [-0.39, 0.29) is 5.78 Å². The quantitative estimate of drug-likeness (QED) is 0.700. The van der Waals surface area contributed by atoms with Crippen LogP contribution in [0.4, 0.5) is 0 Å². The molecule has 0 amide bonds. The second kappa shape index (κ2) is 3.17. The molecule has 0 aliphatic carbocycles. The van der Waals surface area contributed by atoms with Gasteiger partial charge in [0, 0.05) is 12.0 Å². The first-order valence-corrected chi connectivity index (χ1v) is 4.88. The first-order valence-electron chi connectivity index (χ1n) is 4.04. The molecule has 0 bridgehead atoms. The molecule has 1 aliphatic heterocycles. The Morgan fingerprint density at radius 1 is 1.77 bits per heavy atom. The molecule has 70 valence electrons. The molecule has 2 rings (SSSR count). The zero-order valence-corrected chi connectivity index (χ0v) is 7.84. The van der Waals surface area contributed by atoms with Gasteiger partial charge in [-0.3, -0.25) is 4.79 Å². The largest absolute Gasteiger partial charge is 0.379 e. The van der Waals surface area contributed by atoms with E-state index in [1.807, 2.05) is 0 Å². The Morgan fingerprint density at radius 2 is 2.62 bits per heavy atom. The van der Waals surface area contributed by atoms with Crippen LogP contribution in [-0.2, 0) is 4.74 Å². The van der Waals surface area contributed by atoms with Crippen LogP contribution in [0, 0.1) is 0 Å². The molecule has 4 nitrogen and oxygen atoms in total. The van der Waals surface area contributed by atoms with Crippen molar-refractivity contribution in [3.05, 3.63) is 17.1 Å². The van der Waals surface area contributed by atoms with E-state index < -0.39 is 5.54 Å². The van der Waals surface area contributed by atoms with Crippen molar-refractivity contribution in [1.29, 1.82) is 0 Å². The molecule has 1 saturated heterocycles. The minimum atomic E-state index is -0.839. The topological polar surface area (TPSA) is 65.2 Å². The Bertz CT molecular complexity index is 304. The Labute approximate surface area is 79.9 Å². The Kier molecular flexibility index (Phi) is 2.15. The van der Waals surface area contributed by atoms with E-state index in [2.05, 4.69) is 4.37 Å². The van der Waals surface area contributed by atoms with Gasteiger partial charge in [0.15, 0.2) is 0 Å². The van der Waals surface area contributed by atoms with E-state index >= 15 is 0 Å². The lowest BCUT2D eigenvalue weighted by Crippen LogP contribution is -2.48. The van der Waals surface area contributed by atoms with Gasteiger partial charge >= 0.3 is 0 Å². The minimum Gasteiger partial charge on any atom is -0.379 e. The monoisotopic (exact) mass is 198 g/mol. The second-order valence-corrected chi connectivity index (χ2v) is 3.84. The Hall–Kier alpha value is -0.780. The molecule has 1 aromatic heterocycles. The van der Waals surface area contributed by atoms with E-state index in [9.17, 15) is 4.79 Å². The number of hydrogen-bond donors (Lipinski definition) is 1. The van der Waals surface area contributed by atoms with Gasteiger partial charge in [-0.05, 0) is 24.0 Å². The van der Waals surface area contributed by atoms with Gasteiger partial charge in [-0.25, -0.2) is 0 Å². The van der Waals surface area contributed by atoms with Crippen molar-refractivity contribution in [1.82, 2.24) is 4.37 Å². The molecular formula is C8H10N2O2S. The molecular weight excluding hydrogens is 188 g/mol. The fourth-order valence-corrected chi connectivity index (χ4v) is 1.85. The van der Waals surface area contributed by atoms with Gasteiger partial charge in [-0.1, -0.05) is 0 Å². The van der Waals surface area contributed by atoms with Crippen LogP contribution in [-0.4, -0.2) is 28.9 Å². The van der Waals surface area contributed by atoms with Crippen molar-refractivity contribution in [2.45, 2.75) is 12.0 Å². The van der Waals surface area contributed by atoms with Crippen molar-refractivity contribution < 1.29 is 9.53 Å². The standard InChI is InChI=1S/C8H10N2O2S/c9-8(2-3-12-5-8)7(11)6-1-4-13-10-6/h1,4H,2-3,5,9H2. The lowest BCUT2D eigenvalue weighted by Gasteiger charge is -2.17.